The van der Waals surface area contributed by atoms with Crippen molar-refractivity contribution in [1.82, 2.24) is 5.32 Å². The molecule has 1 saturated heterocycles. The van der Waals surface area contributed by atoms with Crippen LogP contribution < -0.4 is 5.32 Å². The fraction of sp³-hybridized carbons (Fsp3) is 0.571. The van der Waals surface area contributed by atoms with Crippen molar-refractivity contribution in [3.05, 3.63) is 29.8 Å². The quantitative estimate of drug-likeness (QED) is 0.839. The molecule has 2 rings (SSSR count). The van der Waals surface area contributed by atoms with Gasteiger partial charge in [0.1, 0.15) is 5.75 Å². The minimum atomic E-state index is -0.0629. The van der Waals surface area contributed by atoms with Gasteiger partial charge >= 0.3 is 0 Å². The highest BCUT2D eigenvalue weighted by Crippen LogP contribution is 2.30. The van der Waals surface area contributed by atoms with Crippen LogP contribution in [0.4, 0.5) is 0 Å². The van der Waals surface area contributed by atoms with Gasteiger partial charge in [0.25, 0.3) is 0 Å². The molecule has 0 bridgehead atoms. The summed E-state index contributed by atoms with van der Waals surface area (Å²) in [5.74, 6) is 0.318. The lowest BCUT2D eigenvalue weighted by Crippen LogP contribution is -2.48. The van der Waals surface area contributed by atoms with Gasteiger partial charge in [0.05, 0.1) is 5.60 Å². The number of phenols is 1. The lowest BCUT2D eigenvalue weighted by atomic mass is 9.88. The third kappa shape index (κ3) is 2.79. The van der Waals surface area contributed by atoms with Gasteiger partial charge < -0.3 is 15.2 Å². The zero-order valence-corrected chi connectivity index (χ0v) is 10.6. The van der Waals surface area contributed by atoms with Crippen LogP contribution in [-0.2, 0) is 11.2 Å². The first-order valence-electron chi connectivity index (χ1n) is 6.23. The molecule has 1 aliphatic rings. The second-order valence-electron chi connectivity index (χ2n) is 4.98. The summed E-state index contributed by atoms with van der Waals surface area (Å²) in [6.07, 6.45) is 3.17. The summed E-state index contributed by atoms with van der Waals surface area (Å²) in [5, 5.41) is 12.6. The van der Waals surface area contributed by atoms with Gasteiger partial charge in [-0.25, -0.2) is 0 Å². The van der Waals surface area contributed by atoms with Crippen LogP contribution in [0, 0.1) is 0 Å². The first-order valence-corrected chi connectivity index (χ1v) is 6.23. The van der Waals surface area contributed by atoms with E-state index in [9.17, 15) is 5.11 Å². The maximum Gasteiger partial charge on any atom is 0.115 e. The molecule has 3 nitrogen and oxygen atoms in total. The molecule has 1 heterocycles. The average molecular weight is 235 g/mol. The molecule has 2 N–H and O–H groups in total. The standard InChI is InChI=1S/C14H21NO2/c1-14(8-3-9-17-14)13(15-2)10-11-4-6-12(16)7-5-11/h4-7,13,15-16H,3,8-10H2,1-2H3. The Morgan fingerprint density at radius 2 is 2.12 bits per heavy atom. The third-order valence-electron chi connectivity index (χ3n) is 3.71. The predicted octanol–water partition coefficient (Wildman–Crippen LogP) is 2.09. The van der Waals surface area contributed by atoms with E-state index >= 15 is 0 Å². The van der Waals surface area contributed by atoms with Crippen LogP contribution in [0.3, 0.4) is 0 Å². The Hall–Kier alpha value is -1.06. The molecular weight excluding hydrogens is 214 g/mol. The van der Waals surface area contributed by atoms with Crippen molar-refractivity contribution in [3.63, 3.8) is 0 Å². The molecule has 0 aliphatic carbocycles. The SMILES string of the molecule is CNC(Cc1ccc(O)cc1)C1(C)CCCO1. The molecule has 0 amide bonds. The van der Waals surface area contributed by atoms with E-state index in [0.717, 1.165) is 25.9 Å². The maximum atomic E-state index is 9.27. The molecule has 0 saturated carbocycles. The molecule has 0 aromatic heterocycles. The van der Waals surface area contributed by atoms with E-state index in [1.165, 1.54) is 5.56 Å². The Bertz CT molecular complexity index is 355. The summed E-state index contributed by atoms with van der Waals surface area (Å²) in [5.41, 5.74) is 1.16. The molecule has 2 atom stereocenters. The number of likely N-dealkylation sites (N-methyl/N-ethyl adjacent to an activating group) is 1. The lowest BCUT2D eigenvalue weighted by molar-refractivity contribution is -0.00943. The maximum absolute atomic E-state index is 9.27. The Kier molecular flexibility index (Phi) is 3.69. The fourth-order valence-electron chi connectivity index (χ4n) is 2.57. The lowest BCUT2D eigenvalue weighted by Gasteiger charge is -2.33. The van der Waals surface area contributed by atoms with Crippen LogP contribution in [0.2, 0.25) is 0 Å². The Balaban J connectivity index is 2.06. The summed E-state index contributed by atoms with van der Waals surface area (Å²) in [4.78, 5) is 0. The smallest absolute Gasteiger partial charge is 0.115 e. The molecule has 2 unspecified atom stereocenters. The van der Waals surface area contributed by atoms with Crippen molar-refractivity contribution < 1.29 is 9.84 Å². The van der Waals surface area contributed by atoms with Crippen molar-refractivity contribution in [3.8, 4) is 5.75 Å². The number of hydrogen-bond acceptors (Lipinski definition) is 3. The minimum absolute atomic E-state index is 0.0629. The van der Waals surface area contributed by atoms with E-state index in [-0.39, 0.29) is 5.60 Å². The summed E-state index contributed by atoms with van der Waals surface area (Å²) in [6.45, 7) is 3.05. The second-order valence-corrected chi connectivity index (χ2v) is 4.98. The van der Waals surface area contributed by atoms with Crippen molar-refractivity contribution >= 4 is 0 Å². The van der Waals surface area contributed by atoms with E-state index in [2.05, 4.69) is 12.2 Å². The number of ether oxygens (including phenoxy) is 1. The van der Waals surface area contributed by atoms with Gasteiger partial charge in [-0.05, 0) is 50.9 Å². The van der Waals surface area contributed by atoms with Crippen molar-refractivity contribution in [2.45, 2.75) is 37.8 Å². The number of benzene rings is 1. The van der Waals surface area contributed by atoms with E-state index in [1.54, 1.807) is 12.1 Å². The topological polar surface area (TPSA) is 41.5 Å². The van der Waals surface area contributed by atoms with Gasteiger partial charge in [-0.2, -0.15) is 0 Å². The molecule has 94 valence electrons. The van der Waals surface area contributed by atoms with Gasteiger partial charge in [0, 0.05) is 12.6 Å². The van der Waals surface area contributed by atoms with Gasteiger partial charge in [-0.1, -0.05) is 12.1 Å². The Morgan fingerprint density at radius 3 is 2.65 bits per heavy atom. The monoisotopic (exact) mass is 235 g/mol. The third-order valence-corrected chi connectivity index (χ3v) is 3.71. The zero-order chi connectivity index (χ0) is 12.3. The van der Waals surface area contributed by atoms with Crippen LogP contribution in [0.1, 0.15) is 25.3 Å². The van der Waals surface area contributed by atoms with Gasteiger partial charge in [-0.3, -0.25) is 0 Å². The molecule has 1 aromatic carbocycles. The van der Waals surface area contributed by atoms with E-state index in [0.29, 0.717) is 11.8 Å². The summed E-state index contributed by atoms with van der Waals surface area (Å²) in [7, 11) is 1.98. The second kappa shape index (κ2) is 5.07. The first-order chi connectivity index (χ1) is 8.14. The first kappa shape index (κ1) is 12.4. The largest absolute Gasteiger partial charge is 0.508 e. The molecule has 0 spiro atoms. The predicted molar refractivity (Wildman–Crippen MR) is 68.2 cm³/mol. The molecule has 0 radical (unpaired) electrons. The Labute approximate surface area is 103 Å². The van der Waals surface area contributed by atoms with Crippen LogP contribution in [0.15, 0.2) is 24.3 Å². The van der Waals surface area contributed by atoms with E-state index in [1.807, 2.05) is 19.2 Å². The number of rotatable bonds is 4. The number of hydrogen-bond donors (Lipinski definition) is 2. The van der Waals surface area contributed by atoms with Crippen LogP contribution >= 0.6 is 0 Å². The number of nitrogens with one attached hydrogen (secondary N) is 1. The fourth-order valence-corrected chi connectivity index (χ4v) is 2.57. The normalized spacial score (nSPS) is 26.0. The molecule has 1 aromatic rings. The minimum Gasteiger partial charge on any atom is -0.508 e. The van der Waals surface area contributed by atoms with Crippen molar-refractivity contribution in [2.24, 2.45) is 0 Å². The van der Waals surface area contributed by atoms with Crippen LogP contribution in [0.25, 0.3) is 0 Å². The van der Waals surface area contributed by atoms with Crippen molar-refractivity contribution in [2.75, 3.05) is 13.7 Å². The summed E-state index contributed by atoms with van der Waals surface area (Å²) in [6, 6.07) is 7.73. The van der Waals surface area contributed by atoms with E-state index < -0.39 is 0 Å². The van der Waals surface area contributed by atoms with E-state index in [4.69, 9.17) is 4.74 Å². The highest BCUT2D eigenvalue weighted by molar-refractivity contribution is 5.26. The summed E-state index contributed by atoms with van der Waals surface area (Å²) >= 11 is 0. The number of aromatic hydroxyl groups is 1. The van der Waals surface area contributed by atoms with Crippen LogP contribution in [-0.4, -0.2) is 30.4 Å². The highest BCUT2D eigenvalue weighted by Gasteiger charge is 2.37. The zero-order valence-electron chi connectivity index (χ0n) is 10.6. The average Bonchev–Trinajstić information content (AvgIpc) is 2.76. The summed E-state index contributed by atoms with van der Waals surface area (Å²) < 4.78 is 5.88. The number of phenolic OH excluding ortho intramolecular Hbond substituents is 1. The van der Waals surface area contributed by atoms with Crippen LogP contribution in [0.5, 0.6) is 5.75 Å². The molecule has 1 aliphatic heterocycles. The highest BCUT2D eigenvalue weighted by atomic mass is 16.5. The molecule has 17 heavy (non-hydrogen) atoms. The Morgan fingerprint density at radius 1 is 1.41 bits per heavy atom. The molecular formula is C14H21NO2. The van der Waals surface area contributed by atoms with Gasteiger partial charge in [0.15, 0.2) is 0 Å². The van der Waals surface area contributed by atoms with Crippen molar-refractivity contribution in [1.29, 1.82) is 0 Å². The molecule has 1 fully saturated rings. The van der Waals surface area contributed by atoms with Gasteiger partial charge in [-0.15, -0.1) is 0 Å². The molecule has 3 heteroatoms. The van der Waals surface area contributed by atoms with Gasteiger partial charge in [0.2, 0.25) is 0 Å².